The highest BCUT2D eigenvalue weighted by Gasteiger charge is 2.09. The predicted octanol–water partition coefficient (Wildman–Crippen LogP) is 2.10. The van der Waals surface area contributed by atoms with Crippen LogP contribution in [0.1, 0.15) is 23.7 Å². The van der Waals surface area contributed by atoms with E-state index in [1.54, 1.807) is 18.3 Å². The van der Waals surface area contributed by atoms with Crippen LogP contribution in [0.3, 0.4) is 0 Å². The zero-order valence-corrected chi connectivity index (χ0v) is 9.71. The van der Waals surface area contributed by atoms with Crippen LogP contribution in [0.4, 0.5) is 5.69 Å². The van der Waals surface area contributed by atoms with Gasteiger partial charge in [-0.3, -0.25) is 0 Å². The summed E-state index contributed by atoms with van der Waals surface area (Å²) in [6.45, 7) is 1.70. The maximum atomic E-state index is 7.58. The second-order valence-corrected chi connectivity index (χ2v) is 4.33. The summed E-state index contributed by atoms with van der Waals surface area (Å²) in [5.74, 6) is 0. The highest BCUT2D eigenvalue weighted by molar-refractivity contribution is 7.07. The van der Waals surface area contributed by atoms with Crippen LogP contribution in [0.2, 0.25) is 0 Å². The minimum atomic E-state index is 0.416. The largest absolute Gasteiger partial charge is 0.397 e. The number of aromatic nitrogens is 2. The fraction of sp³-hybridized carbons (Fsp3) is 0.182. The molecule has 0 saturated carbocycles. The number of hydrogen-bond acceptors (Lipinski definition) is 5. The molecule has 2 aromatic rings. The number of nitrogens with two attached hydrogens (primary N) is 1. The van der Waals surface area contributed by atoms with Crippen molar-refractivity contribution in [3.63, 3.8) is 0 Å². The molecule has 0 aromatic carbocycles. The molecule has 4 nitrogen and oxygen atoms in total. The average Bonchev–Trinajstić information content (AvgIpc) is 2.73. The lowest BCUT2D eigenvalue weighted by Gasteiger charge is -2.07. The molecule has 0 fully saturated rings. The van der Waals surface area contributed by atoms with Crippen molar-refractivity contribution in [3.8, 4) is 0 Å². The van der Waals surface area contributed by atoms with E-state index in [0.717, 1.165) is 5.69 Å². The Balaban J connectivity index is 2.35. The molecule has 0 unspecified atom stereocenters. The van der Waals surface area contributed by atoms with Gasteiger partial charge in [0, 0.05) is 17.7 Å². The summed E-state index contributed by atoms with van der Waals surface area (Å²) in [5, 5.41) is 19.6. The molecular weight excluding hydrogens is 220 g/mol. The molecule has 0 bridgehead atoms. The minimum absolute atomic E-state index is 0.416. The summed E-state index contributed by atoms with van der Waals surface area (Å²) in [5.41, 5.74) is 9.52. The highest BCUT2D eigenvalue weighted by atomic mass is 32.1. The fourth-order valence-corrected chi connectivity index (χ4v) is 2.12. The molecule has 2 aromatic heterocycles. The van der Waals surface area contributed by atoms with Crippen LogP contribution in [0.25, 0.3) is 0 Å². The van der Waals surface area contributed by atoms with E-state index in [1.807, 2.05) is 11.4 Å². The van der Waals surface area contributed by atoms with E-state index in [4.69, 9.17) is 11.1 Å². The monoisotopic (exact) mass is 232 g/mol. The molecule has 0 aliphatic rings. The van der Waals surface area contributed by atoms with Crippen LogP contribution in [0.5, 0.6) is 0 Å². The Morgan fingerprint density at radius 3 is 3.00 bits per heavy atom. The lowest BCUT2D eigenvalue weighted by molar-refractivity contribution is 0.940. The van der Waals surface area contributed by atoms with Gasteiger partial charge in [0.1, 0.15) is 0 Å². The van der Waals surface area contributed by atoms with Crippen molar-refractivity contribution >= 4 is 22.7 Å². The van der Waals surface area contributed by atoms with Gasteiger partial charge in [0.15, 0.2) is 0 Å². The summed E-state index contributed by atoms with van der Waals surface area (Å²) in [7, 11) is 0. The molecule has 5 heteroatoms. The van der Waals surface area contributed by atoms with Gasteiger partial charge in [0.25, 0.3) is 0 Å². The molecule has 2 rings (SSSR count). The molecule has 0 radical (unpaired) electrons. The molecule has 16 heavy (non-hydrogen) atoms. The van der Waals surface area contributed by atoms with Crippen molar-refractivity contribution in [2.75, 3.05) is 5.73 Å². The second kappa shape index (κ2) is 4.40. The van der Waals surface area contributed by atoms with Crippen LogP contribution < -0.4 is 5.73 Å². The van der Waals surface area contributed by atoms with E-state index in [2.05, 4.69) is 15.6 Å². The number of thiophene rings is 1. The normalized spacial score (nSPS) is 10.3. The second-order valence-electron chi connectivity index (χ2n) is 3.55. The zero-order valence-electron chi connectivity index (χ0n) is 8.90. The Labute approximate surface area is 97.7 Å². The number of nitrogen functional groups attached to an aromatic ring is 1. The van der Waals surface area contributed by atoms with Gasteiger partial charge in [-0.25, -0.2) is 0 Å². The van der Waals surface area contributed by atoms with Gasteiger partial charge in [-0.1, -0.05) is 0 Å². The first kappa shape index (κ1) is 10.8. The number of anilines is 1. The van der Waals surface area contributed by atoms with Gasteiger partial charge in [-0.05, 0) is 29.3 Å². The highest BCUT2D eigenvalue weighted by Crippen LogP contribution is 2.18. The van der Waals surface area contributed by atoms with E-state index in [1.165, 1.54) is 11.8 Å². The third kappa shape index (κ3) is 2.09. The molecule has 3 N–H and O–H groups in total. The molecule has 0 spiro atoms. The molecule has 0 aliphatic heterocycles. The van der Waals surface area contributed by atoms with Crippen LogP contribution >= 0.6 is 11.3 Å². The molecule has 0 aliphatic carbocycles. The van der Waals surface area contributed by atoms with Crippen molar-refractivity contribution in [1.82, 2.24) is 10.2 Å². The van der Waals surface area contributed by atoms with Crippen LogP contribution in [0.15, 0.2) is 23.0 Å². The van der Waals surface area contributed by atoms with Gasteiger partial charge in [-0.15, -0.1) is 0 Å². The first-order valence-electron chi connectivity index (χ1n) is 4.85. The van der Waals surface area contributed by atoms with Gasteiger partial charge in [0.05, 0.1) is 17.6 Å². The first-order chi connectivity index (χ1) is 7.68. The Morgan fingerprint density at radius 1 is 1.56 bits per heavy atom. The SMILES string of the molecule is CC(=N)c1cnnc(Cc2ccsc2)c1N. The molecule has 0 amide bonds. The summed E-state index contributed by atoms with van der Waals surface area (Å²) < 4.78 is 0. The zero-order chi connectivity index (χ0) is 11.5. The van der Waals surface area contributed by atoms with Crippen molar-refractivity contribution in [2.24, 2.45) is 0 Å². The van der Waals surface area contributed by atoms with E-state index in [9.17, 15) is 0 Å². The lowest BCUT2D eigenvalue weighted by atomic mass is 10.1. The van der Waals surface area contributed by atoms with E-state index >= 15 is 0 Å². The quantitative estimate of drug-likeness (QED) is 0.796. The molecular formula is C11H12N4S. The number of nitrogens with one attached hydrogen (secondary N) is 1. The van der Waals surface area contributed by atoms with Gasteiger partial charge >= 0.3 is 0 Å². The molecule has 2 heterocycles. The summed E-state index contributed by atoms with van der Waals surface area (Å²) in [6.07, 6.45) is 2.21. The first-order valence-corrected chi connectivity index (χ1v) is 5.79. The Kier molecular flexibility index (Phi) is 2.96. The lowest BCUT2D eigenvalue weighted by Crippen LogP contribution is -2.07. The molecule has 0 saturated heterocycles. The Bertz CT molecular complexity index is 505. The van der Waals surface area contributed by atoms with Crippen molar-refractivity contribution < 1.29 is 0 Å². The maximum Gasteiger partial charge on any atom is 0.0910 e. The standard InChI is InChI=1S/C11H12N4S/c1-7(12)9-5-14-15-10(11(9)13)4-8-2-3-16-6-8/h2-3,5-6,12H,4H2,1H3,(H2,13,14). The van der Waals surface area contributed by atoms with Crippen LogP contribution in [-0.4, -0.2) is 15.9 Å². The van der Waals surface area contributed by atoms with E-state index in [-0.39, 0.29) is 0 Å². The minimum Gasteiger partial charge on any atom is -0.397 e. The topological polar surface area (TPSA) is 75.7 Å². The van der Waals surface area contributed by atoms with Crippen molar-refractivity contribution in [2.45, 2.75) is 13.3 Å². The third-order valence-corrected chi connectivity index (χ3v) is 3.05. The maximum absolute atomic E-state index is 7.58. The third-order valence-electron chi connectivity index (χ3n) is 2.32. The van der Waals surface area contributed by atoms with Crippen LogP contribution in [-0.2, 0) is 6.42 Å². The predicted molar refractivity (Wildman–Crippen MR) is 66.1 cm³/mol. The molecule has 0 atom stereocenters. The van der Waals surface area contributed by atoms with Crippen LogP contribution in [0, 0.1) is 5.41 Å². The Hall–Kier alpha value is -1.75. The average molecular weight is 232 g/mol. The smallest absolute Gasteiger partial charge is 0.0910 e. The van der Waals surface area contributed by atoms with Gasteiger partial charge in [-0.2, -0.15) is 21.5 Å². The van der Waals surface area contributed by atoms with Gasteiger partial charge < -0.3 is 11.1 Å². The summed E-state index contributed by atoms with van der Waals surface area (Å²) >= 11 is 1.64. The van der Waals surface area contributed by atoms with E-state index in [0.29, 0.717) is 23.4 Å². The van der Waals surface area contributed by atoms with Crippen molar-refractivity contribution in [3.05, 3.63) is 39.8 Å². The number of rotatable bonds is 3. The fourth-order valence-electron chi connectivity index (χ4n) is 1.45. The molecule has 82 valence electrons. The number of nitrogens with zero attached hydrogens (tertiary/aromatic N) is 2. The van der Waals surface area contributed by atoms with Gasteiger partial charge in [0.2, 0.25) is 0 Å². The Morgan fingerprint density at radius 2 is 2.38 bits per heavy atom. The van der Waals surface area contributed by atoms with E-state index < -0.39 is 0 Å². The van der Waals surface area contributed by atoms with Crippen molar-refractivity contribution in [1.29, 1.82) is 5.41 Å². The number of hydrogen-bond donors (Lipinski definition) is 2. The summed E-state index contributed by atoms with van der Waals surface area (Å²) in [4.78, 5) is 0. The summed E-state index contributed by atoms with van der Waals surface area (Å²) in [6, 6.07) is 2.04.